The molecule has 0 spiro atoms. The highest BCUT2D eigenvalue weighted by Gasteiger charge is 2.54. The van der Waals surface area contributed by atoms with E-state index < -0.39 is 0 Å². The quantitative estimate of drug-likeness (QED) is 0.558. The van der Waals surface area contributed by atoms with Crippen LogP contribution in [0.3, 0.4) is 0 Å². The molecule has 1 saturated carbocycles. The van der Waals surface area contributed by atoms with Crippen LogP contribution in [0.15, 0.2) is 0 Å². The first-order valence-electron chi connectivity index (χ1n) is 4.88. The first-order chi connectivity index (χ1) is 5.18. The van der Waals surface area contributed by atoms with Crippen molar-refractivity contribution < 1.29 is 0 Å². The van der Waals surface area contributed by atoms with E-state index in [0.29, 0.717) is 5.41 Å². The van der Waals surface area contributed by atoms with Gasteiger partial charge in [-0.15, -0.1) is 0 Å². The van der Waals surface area contributed by atoms with Crippen molar-refractivity contribution in [1.29, 1.82) is 0 Å². The first kappa shape index (κ1) is 7.60. The standard InChI is InChI=1S/C10H19N/c1-4-10(2)8-5-6-11(3)9(10)7-8/h8-9H,4-7H2,1-3H3. The third-order valence-electron chi connectivity index (χ3n) is 4.33. The Bertz CT molecular complexity index is 164. The van der Waals surface area contributed by atoms with Gasteiger partial charge < -0.3 is 4.90 Å². The third kappa shape index (κ3) is 0.807. The first-order valence-corrected chi connectivity index (χ1v) is 4.88. The Labute approximate surface area is 69.8 Å². The van der Waals surface area contributed by atoms with Gasteiger partial charge in [0, 0.05) is 6.04 Å². The lowest BCUT2D eigenvalue weighted by atomic mass is 9.52. The topological polar surface area (TPSA) is 3.24 Å². The smallest absolute Gasteiger partial charge is 0.0151 e. The molecule has 0 aromatic heterocycles. The molecule has 11 heavy (non-hydrogen) atoms. The summed E-state index contributed by atoms with van der Waals surface area (Å²) in [5.74, 6) is 1.05. The van der Waals surface area contributed by atoms with Crippen molar-refractivity contribution in [3.63, 3.8) is 0 Å². The van der Waals surface area contributed by atoms with E-state index in [9.17, 15) is 0 Å². The minimum atomic E-state index is 0.674. The van der Waals surface area contributed by atoms with E-state index >= 15 is 0 Å². The van der Waals surface area contributed by atoms with Crippen molar-refractivity contribution in [2.75, 3.05) is 13.6 Å². The van der Waals surface area contributed by atoms with Crippen LogP contribution < -0.4 is 0 Å². The van der Waals surface area contributed by atoms with Crippen LogP contribution in [0.5, 0.6) is 0 Å². The molecule has 2 aliphatic heterocycles. The molecule has 3 aliphatic rings. The molecule has 1 heteroatoms. The minimum Gasteiger partial charge on any atom is -0.303 e. The Morgan fingerprint density at radius 1 is 1.55 bits per heavy atom. The van der Waals surface area contributed by atoms with Crippen LogP contribution in [0, 0.1) is 11.3 Å². The molecule has 3 unspecified atom stereocenters. The summed E-state index contributed by atoms with van der Waals surface area (Å²) in [5.41, 5.74) is 0.674. The van der Waals surface area contributed by atoms with Crippen LogP contribution in [0.2, 0.25) is 0 Å². The average Bonchev–Trinajstić information content (AvgIpc) is 2.02. The Morgan fingerprint density at radius 2 is 2.27 bits per heavy atom. The summed E-state index contributed by atoms with van der Waals surface area (Å²) in [6.45, 7) is 6.16. The lowest BCUT2D eigenvalue weighted by molar-refractivity contribution is -0.115. The molecule has 0 radical (unpaired) electrons. The van der Waals surface area contributed by atoms with Crippen molar-refractivity contribution in [2.24, 2.45) is 11.3 Å². The number of hydrogen-bond acceptors (Lipinski definition) is 1. The normalized spacial score (nSPS) is 50.5. The van der Waals surface area contributed by atoms with E-state index in [1.165, 1.54) is 25.8 Å². The van der Waals surface area contributed by atoms with Gasteiger partial charge in [0.05, 0.1) is 0 Å². The largest absolute Gasteiger partial charge is 0.303 e. The van der Waals surface area contributed by atoms with E-state index in [0.717, 1.165) is 12.0 Å². The van der Waals surface area contributed by atoms with Gasteiger partial charge in [-0.25, -0.2) is 0 Å². The molecule has 2 heterocycles. The number of rotatable bonds is 1. The summed E-state index contributed by atoms with van der Waals surface area (Å²) < 4.78 is 0. The highest BCUT2D eigenvalue weighted by molar-refractivity contribution is 5.06. The summed E-state index contributed by atoms with van der Waals surface area (Å²) in [6.07, 6.45) is 4.28. The second-order valence-corrected chi connectivity index (χ2v) is 4.58. The molecular formula is C10H19N. The predicted octanol–water partition coefficient (Wildman–Crippen LogP) is 2.13. The molecule has 0 N–H and O–H groups in total. The van der Waals surface area contributed by atoms with E-state index in [2.05, 4.69) is 25.8 Å². The van der Waals surface area contributed by atoms with E-state index in [1.807, 2.05) is 0 Å². The molecule has 2 bridgehead atoms. The van der Waals surface area contributed by atoms with Crippen molar-refractivity contribution in [3.05, 3.63) is 0 Å². The number of nitrogens with zero attached hydrogens (tertiary/aromatic N) is 1. The van der Waals surface area contributed by atoms with Crippen LogP contribution in [-0.2, 0) is 0 Å². The van der Waals surface area contributed by atoms with Gasteiger partial charge in [-0.3, -0.25) is 0 Å². The maximum absolute atomic E-state index is 2.56. The van der Waals surface area contributed by atoms with Crippen molar-refractivity contribution in [1.82, 2.24) is 4.90 Å². The highest BCUT2D eigenvalue weighted by atomic mass is 15.2. The molecule has 0 aromatic carbocycles. The summed E-state index contributed by atoms with van der Waals surface area (Å²) >= 11 is 0. The average molecular weight is 153 g/mol. The van der Waals surface area contributed by atoms with E-state index in [-0.39, 0.29) is 0 Å². The van der Waals surface area contributed by atoms with Gasteiger partial charge in [0.15, 0.2) is 0 Å². The lowest BCUT2D eigenvalue weighted by Gasteiger charge is -2.62. The fourth-order valence-electron chi connectivity index (χ4n) is 3.09. The molecule has 2 saturated heterocycles. The van der Waals surface area contributed by atoms with Gasteiger partial charge in [0.1, 0.15) is 0 Å². The molecular weight excluding hydrogens is 134 g/mol. The number of fused-ring (bicyclic) bond motifs is 2. The lowest BCUT2D eigenvalue weighted by Crippen LogP contribution is -2.63. The minimum absolute atomic E-state index is 0.674. The number of piperidine rings is 2. The van der Waals surface area contributed by atoms with Crippen molar-refractivity contribution in [3.8, 4) is 0 Å². The fraction of sp³-hybridized carbons (Fsp3) is 1.00. The molecule has 3 rings (SSSR count). The van der Waals surface area contributed by atoms with Crippen molar-refractivity contribution in [2.45, 2.75) is 39.2 Å². The van der Waals surface area contributed by atoms with Gasteiger partial charge in [0.25, 0.3) is 0 Å². The Morgan fingerprint density at radius 3 is 2.64 bits per heavy atom. The summed E-state index contributed by atoms with van der Waals surface area (Å²) in [4.78, 5) is 2.56. The zero-order chi connectivity index (χ0) is 8.06. The second-order valence-electron chi connectivity index (χ2n) is 4.58. The maximum atomic E-state index is 2.56. The maximum Gasteiger partial charge on any atom is 0.0151 e. The van der Waals surface area contributed by atoms with Crippen LogP contribution >= 0.6 is 0 Å². The molecule has 1 nitrogen and oxygen atoms in total. The highest BCUT2D eigenvalue weighted by Crippen LogP contribution is 2.55. The Balaban J connectivity index is 2.14. The van der Waals surface area contributed by atoms with Gasteiger partial charge >= 0.3 is 0 Å². The van der Waals surface area contributed by atoms with Gasteiger partial charge in [0.2, 0.25) is 0 Å². The summed E-state index contributed by atoms with van der Waals surface area (Å²) in [7, 11) is 2.29. The monoisotopic (exact) mass is 153 g/mol. The fourth-order valence-corrected chi connectivity index (χ4v) is 3.09. The van der Waals surface area contributed by atoms with Crippen LogP contribution in [0.25, 0.3) is 0 Å². The van der Waals surface area contributed by atoms with Gasteiger partial charge in [-0.2, -0.15) is 0 Å². The zero-order valence-corrected chi connectivity index (χ0v) is 7.93. The third-order valence-corrected chi connectivity index (χ3v) is 4.33. The van der Waals surface area contributed by atoms with Crippen LogP contribution in [0.1, 0.15) is 33.1 Å². The predicted molar refractivity (Wildman–Crippen MR) is 47.5 cm³/mol. The molecule has 0 aromatic rings. The summed E-state index contributed by atoms with van der Waals surface area (Å²) in [6, 6.07) is 0.909. The number of hydrogen-bond donors (Lipinski definition) is 0. The molecule has 0 amide bonds. The SMILES string of the molecule is CCC1(C)C2CCN(C)C1C2. The zero-order valence-electron chi connectivity index (χ0n) is 7.93. The van der Waals surface area contributed by atoms with Gasteiger partial charge in [-0.1, -0.05) is 13.8 Å². The van der Waals surface area contributed by atoms with Gasteiger partial charge in [-0.05, 0) is 44.2 Å². The molecule has 3 fully saturated rings. The van der Waals surface area contributed by atoms with Crippen LogP contribution in [-0.4, -0.2) is 24.5 Å². The molecule has 1 aliphatic carbocycles. The van der Waals surface area contributed by atoms with E-state index in [4.69, 9.17) is 0 Å². The summed E-state index contributed by atoms with van der Waals surface area (Å²) in [5, 5.41) is 0. The molecule has 3 atom stereocenters. The Hall–Kier alpha value is -0.0400. The van der Waals surface area contributed by atoms with Crippen molar-refractivity contribution >= 4 is 0 Å². The second kappa shape index (κ2) is 2.22. The van der Waals surface area contributed by atoms with Crippen LogP contribution in [0.4, 0.5) is 0 Å². The molecule has 64 valence electrons. The van der Waals surface area contributed by atoms with E-state index in [1.54, 1.807) is 0 Å². The Kier molecular flexibility index (Phi) is 1.54.